The standard InChI is InChI=1S/C22H30N2OS2/c1-16-3-2-4-20(13-16)23-7-9-24(10-8-23)21(25)17-14-18-5-6-19(15-17)22(18)26-11-12-27-22/h2-4,13,17-19H,5-12,14-15H2,1H3. The summed E-state index contributed by atoms with van der Waals surface area (Å²) in [7, 11) is 0. The van der Waals surface area contributed by atoms with Gasteiger partial charge in [-0.3, -0.25) is 4.79 Å². The Morgan fingerprint density at radius 1 is 1.04 bits per heavy atom. The van der Waals surface area contributed by atoms with E-state index in [4.69, 9.17) is 0 Å². The molecule has 2 saturated heterocycles. The molecule has 0 N–H and O–H groups in total. The highest BCUT2D eigenvalue weighted by molar-refractivity contribution is 8.21. The van der Waals surface area contributed by atoms with Gasteiger partial charge in [0.15, 0.2) is 0 Å². The minimum Gasteiger partial charge on any atom is -0.368 e. The Bertz CT molecular complexity index is 694. The lowest BCUT2D eigenvalue weighted by atomic mass is 9.79. The van der Waals surface area contributed by atoms with Gasteiger partial charge in [0.2, 0.25) is 5.91 Å². The van der Waals surface area contributed by atoms with Crippen molar-refractivity contribution in [3.8, 4) is 0 Å². The van der Waals surface area contributed by atoms with Crippen molar-refractivity contribution in [3.05, 3.63) is 29.8 Å². The molecule has 1 aromatic carbocycles. The Morgan fingerprint density at radius 3 is 2.33 bits per heavy atom. The largest absolute Gasteiger partial charge is 0.368 e. The van der Waals surface area contributed by atoms with Crippen LogP contribution in [0.3, 0.4) is 0 Å². The summed E-state index contributed by atoms with van der Waals surface area (Å²) >= 11 is 4.45. The summed E-state index contributed by atoms with van der Waals surface area (Å²) in [6.07, 6.45) is 5.01. The van der Waals surface area contributed by atoms with E-state index >= 15 is 0 Å². The Balaban J connectivity index is 1.21. The lowest BCUT2D eigenvalue weighted by molar-refractivity contribution is -0.137. The van der Waals surface area contributed by atoms with Crippen molar-refractivity contribution in [3.63, 3.8) is 0 Å². The van der Waals surface area contributed by atoms with Gasteiger partial charge in [-0.05, 0) is 62.1 Å². The van der Waals surface area contributed by atoms with Crippen LogP contribution in [0, 0.1) is 24.7 Å². The van der Waals surface area contributed by atoms with Crippen molar-refractivity contribution in [2.24, 2.45) is 17.8 Å². The topological polar surface area (TPSA) is 23.6 Å². The molecule has 5 rings (SSSR count). The van der Waals surface area contributed by atoms with Crippen LogP contribution in [0.15, 0.2) is 24.3 Å². The minimum absolute atomic E-state index is 0.292. The first-order chi connectivity index (χ1) is 13.2. The molecule has 2 aliphatic heterocycles. The maximum Gasteiger partial charge on any atom is 0.225 e. The molecule has 1 spiro atoms. The van der Waals surface area contributed by atoms with Gasteiger partial charge in [0.25, 0.3) is 0 Å². The van der Waals surface area contributed by atoms with E-state index in [0.717, 1.165) is 50.9 Å². The number of hydrogen-bond donors (Lipinski definition) is 0. The predicted octanol–water partition coefficient (Wildman–Crippen LogP) is 4.26. The number of amides is 1. The summed E-state index contributed by atoms with van der Waals surface area (Å²) in [6.45, 7) is 5.84. The summed E-state index contributed by atoms with van der Waals surface area (Å²) in [5, 5.41) is 0. The summed E-state index contributed by atoms with van der Waals surface area (Å²) in [5.41, 5.74) is 2.61. The van der Waals surface area contributed by atoms with Crippen LogP contribution in [-0.2, 0) is 4.79 Å². The molecule has 4 aliphatic rings. The fourth-order valence-electron chi connectivity index (χ4n) is 5.87. The van der Waals surface area contributed by atoms with Gasteiger partial charge in [0, 0.05) is 49.3 Å². The molecule has 4 fully saturated rings. The van der Waals surface area contributed by atoms with Crippen molar-refractivity contribution in [1.29, 1.82) is 0 Å². The molecule has 5 heteroatoms. The van der Waals surface area contributed by atoms with Crippen LogP contribution < -0.4 is 4.90 Å². The van der Waals surface area contributed by atoms with Crippen molar-refractivity contribution in [1.82, 2.24) is 4.90 Å². The first kappa shape index (κ1) is 18.2. The second-order valence-electron chi connectivity index (χ2n) is 8.71. The van der Waals surface area contributed by atoms with Gasteiger partial charge in [-0.15, -0.1) is 23.5 Å². The summed E-state index contributed by atoms with van der Waals surface area (Å²) < 4.78 is 0.487. The fourth-order valence-corrected chi connectivity index (χ4v) is 9.81. The number of rotatable bonds is 2. The molecule has 1 aromatic rings. The van der Waals surface area contributed by atoms with E-state index in [1.54, 1.807) is 0 Å². The molecule has 27 heavy (non-hydrogen) atoms. The molecule has 3 nitrogen and oxygen atoms in total. The van der Waals surface area contributed by atoms with Crippen LogP contribution in [0.5, 0.6) is 0 Å². The number of aryl methyl sites for hydroxylation is 1. The molecule has 2 aliphatic carbocycles. The molecule has 1 amide bonds. The average Bonchev–Trinajstić information content (AvgIpc) is 3.23. The number of piperazine rings is 1. The smallest absolute Gasteiger partial charge is 0.225 e. The highest BCUT2D eigenvalue weighted by atomic mass is 32.2. The van der Waals surface area contributed by atoms with E-state index in [2.05, 4.69) is 64.5 Å². The normalized spacial score (nSPS) is 32.3. The number of anilines is 1. The molecule has 2 atom stereocenters. The van der Waals surface area contributed by atoms with Crippen LogP contribution in [0.25, 0.3) is 0 Å². The van der Waals surface area contributed by atoms with Gasteiger partial charge in [-0.25, -0.2) is 0 Å². The SMILES string of the molecule is Cc1cccc(N2CCN(C(=O)C3CC4CCC(C3)C43SCCS3)CC2)c1. The fraction of sp³-hybridized carbons (Fsp3) is 0.682. The zero-order valence-corrected chi connectivity index (χ0v) is 17.9. The molecule has 146 valence electrons. The zero-order valence-electron chi connectivity index (χ0n) is 16.2. The highest BCUT2D eigenvalue weighted by Crippen LogP contribution is 2.65. The lowest BCUT2D eigenvalue weighted by Crippen LogP contribution is -2.52. The number of nitrogens with zero attached hydrogens (tertiary/aromatic N) is 2. The maximum absolute atomic E-state index is 13.3. The van der Waals surface area contributed by atoms with Gasteiger partial charge in [-0.2, -0.15) is 0 Å². The van der Waals surface area contributed by atoms with Gasteiger partial charge in [-0.1, -0.05) is 12.1 Å². The van der Waals surface area contributed by atoms with Crippen LogP contribution in [0.2, 0.25) is 0 Å². The summed E-state index contributed by atoms with van der Waals surface area (Å²) in [4.78, 5) is 17.9. The van der Waals surface area contributed by atoms with Gasteiger partial charge >= 0.3 is 0 Å². The molecule has 2 heterocycles. The third kappa shape index (κ3) is 3.19. The number of thioether (sulfide) groups is 2. The lowest BCUT2D eigenvalue weighted by Gasteiger charge is -2.44. The van der Waals surface area contributed by atoms with Gasteiger partial charge in [0.1, 0.15) is 0 Å². The van der Waals surface area contributed by atoms with E-state index < -0.39 is 0 Å². The molecule has 2 bridgehead atoms. The molecule has 0 radical (unpaired) electrons. The van der Waals surface area contributed by atoms with E-state index in [9.17, 15) is 4.79 Å². The quantitative estimate of drug-likeness (QED) is 0.738. The Labute approximate surface area is 171 Å². The van der Waals surface area contributed by atoms with Crippen LogP contribution in [0.1, 0.15) is 31.2 Å². The molecule has 2 saturated carbocycles. The van der Waals surface area contributed by atoms with Crippen molar-refractivity contribution in [2.45, 2.75) is 36.7 Å². The maximum atomic E-state index is 13.3. The van der Waals surface area contributed by atoms with Crippen LogP contribution in [-0.4, -0.2) is 52.6 Å². The molecule has 2 unspecified atom stereocenters. The van der Waals surface area contributed by atoms with Gasteiger partial charge in [0.05, 0.1) is 4.08 Å². The second kappa shape index (κ2) is 7.22. The highest BCUT2D eigenvalue weighted by Gasteiger charge is 2.57. The van der Waals surface area contributed by atoms with Gasteiger partial charge < -0.3 is 9.80 Å². The molecular formula is C22H30N2OS2. The van der Waals surface area contributed by atoms with Crippen molar-refractivity contribution >= 4 is 35.1 Å². The minimum atomic E-state index is 0.292. The average molecular weight is 403 g/mol. The number of benzene rings is 1. The van der Waals surface area contributed by atoms with Crippen molar-refractivity contribution in [2.75, 3.05) is 42.6 Å². The molecular weight excluding hydrogens is 372 g/mol. The summed E-state index contributed by atoms with van der Waals surface area (Å²) in [6, 6.07) is 8.73. The first-order valence-electron chi connectivity index (χ1n) is 10.5. The van der Waals surface area contributed by atoms with Crippen molar-refractivity contribution < 1.29 is 4.79 Å². The van der Waals surface area contributed by atoms with E-state index in [0.29, 0.717) is 15.9 Å². The number of carbonyl (C=O) groups excluding carboxylic acids is 1. The third-order valence-corrected chi connectivity index (χ3v) is 11.2. The van der Waals surface area contributed by atoms with E-state index in [-0.39, 0.29) is 0 Å². The van der Waals surface area contributed by atoms with Crippen LogP contribution >= 0.6 is 23.5 Å². The number of hydrogen-bond acceptors (Lipinski definition) is 4. The van der Waals surface area contributed by atoms with E-state index in [1.807, 2.05) is 0 Å². The predicted molar refractivity (Wildman–Crippen MR) is 117 cm³/mol. The molecule has 0 aromatic heterocycles. The Kier molecular flexibility index (Phi) is 4.87. The Morgan fingerprint density at radius 2 is 1.70 bits per heavy atom. The number of carbonyl (C=O) groups is 1. The monoisotopic (exact) mass is 402 g/mol. The van der Waals surface area contributed by atoms with E-state index in [1.165, 1.54) is 35.6 Å². The van der Waals surface area contributed by atoms with Crippen LogP contribution in [0.4, 0.5) is 5.69 Å². The Hall–Kier alpha value is -0.810. The first-order valence-corrected chi connectivity index (χ1v) is 12.5. The third-order valence-electron chi connectivity index (χ3n) is 7.19. The summed E-state index contributed by atoms with van der Waals surface area (Å²) in [5.74, 6) is 4.93. The zero-order chi connectivity index (χ0) is 18.4. The second-order valence-corrected chi connectivity index (χ2v) is 11.7.